The molecule has 1 aromatic heterocycles. The van der Waals surface area contributed by atoms with Crippen LogP contribution < -0.4 is 4.57 Å². The molecule has 1 heterocycles. The highest BCUT2D eigenvalue weighted by atomic mass is 19.4. The highest BCUT2D eigenvalue weighted by molar-refractivity contribution is 5.62. The zero-order chi connectivity index (χ0) is 15.6. The lowest BCUT2D eigenvalue weighted by molar-refractivity contribution is -0.595. The molecule has 0 amide bonds. The molecular weight excluding hydrogens is 287 g/mol. The van der Waals surface area contributed by atoms with E-state index in [0.717, 1.165) is 17.3 Å². The number of aromatic nitrogens is 1. The number of nitrogens with zero attached hydrogens (tertiary/aromatic N) is 1. The smallest absolute Gasteiger partial charge is 0.167 e. The Morgan fingerprint density at radius 2 is 1.45 bits per heavy atom. The van der Waals surface area contributed by atoms with Gasteiger partial charge in [0, 0.05) is 23.8 Å². The Kier molecular flexibility index (Phi) is 3.67. The van der Waals surface area contributed by atoms with Crippen molar-refractivity contribution in [3.63, 3.8) is 0 Å². The summed E-state index contributed by atoms with van der Waals surface area (Å²) < 4.78 is 40.4. The SMILES string of the molecule is FC(F)(F)c1cccc(-c2ccc[n+](-c3ccccc3)c2)c1. The van der Waals surface area contributed by atoms with Crippen molar-refractivity contribution in [2.75, 3.05) is 0 Å². The number of para-hydroxylation sites is 1. The summed E-state index contributed by atoms with van der Waals surface area (Å²) in [5.74, 6) is 0. The number of hydrogen-bond donors (Lipinski definition) is 0. The van der Waals surface area contributed by atoms with Gasteiger partial charge in [-0.2, -0.15) is 17.7 Å². The molecule has 0 unspecified atom stereocenters. The fourth-order valence-corrected chi connectivity index (χ4v) is 2.28. The summed E-state index contributed by atoms with van der Waals surface area (Å²) in [6, 6.07) is 18.6. The summed E-state index contributed by atoms with van der Waals surface area (Å²) >= 11 is 0. The van der Waals surface area contributed by atoms with Gasteiger partial charge in [-0.05, 0) is 23.8 Å². The molecule has 4 heteroatoms. The Morgan fingerprint density at radius 3 is 2.18 bits per heavy atom. The molecule has 0 saturated carbocycles. The van der Waals surface area contributed by atoms with Gasteiger partial charge in [-0.25, -0.2) is 0 Å². The summed E-state index contributed by atoms with van der Waals surface area (Å²) in [7, 11) is 0. The van der Waals surface area contributed by atoms with Crippen molar-refractivity contribution in [3.05, 3.63) is 84.7 Å². The fourth-order valence-electron chi connectivity index (χ4n) is 2.28. The van der Waals surface area contributed by atoms with Crippen LogP contribution in [0, 0.1) is 0 Å². The summed E-state index contributed by atoms with van der Waals surface area (Å²) in [4.78, 5) is 0. The first kappa shape index (κ1) is 14.3. The van der Waals surface area contributed by atoms with E-state index in [2.05, 4.69) is 0 Å². The summed E-state index contributed by atoms with van der Waals surface area (Å²) in [6.45, 7) is 0. The van der Waals surface area contributed by atoms with Crippen LogP contribution in [0.15, 0.2) is 79.1 Å². The average molecular weight is 300 g/mol. The minimum absolute atomic E-state index is 0.542. The van der Waals surface area contributed by atoms with Gasteiger partial charge >= 0.3 is 6.18 Å². The molecule has 0 fully saturated rings. The Balaban J connectivity index is 2.03. The molecule has 0 radical (unpaired) electrons. The van der Waals surface area contributed by atoms with Gasteiger partial charge in [0.25, 0.3) is 0 Å². The van der Waals surface area contributed by atoms with Crippen molar-refractivity contribution in [1.82, 2.24) is 0 Å². The van der Waals surface area contributed by atoms with Crippen molar-refractivity contribution >= 4 is 0 Å². The topological polar surface area (TPSA) is 3.88 Å². The van der Waals surface area contributed by atoms with Crippen molar-refractivity contribution in [1.29, 1.82) is 0 Å². The van der Waals surface area contributed by atoms with Crippen molar-refractivity contribution in [2.45, 2.75) is 6.18 Å². The van der Waals surface area contributed by atoms with E-state index in [-0.39, 0.29) is 0 Å². The van der Waals surface area contributed by atoms with Crippen molar-refractivity contribution in [3.8, 4) is 16.8 Å². The molecule has 0 aliphatic rings. The van der Waals surface area contributed by atoms with Gasteiger partial charge in [0.15, 0.2) is 12.4 Å². The van der Waals surface area contributed by atoms with Crippen molar-refractivity contribution < 1.29 is 17.7 Å². The highest BCUT2D eigenvalue weighted by Crippen LogP contribution is 2.31. The van der Waals surface area contributed by atoms with Crippen LogP contribution >= 0.6 is 0 Å². The molecule has 0 aliphatic heterocycles. The minimum Gasteiger partial charge on any atom is -0.167 e. The second kappa shape index (κ2) is 5.64. The normalized spacial score (nSPS) is 11.4. The molecule has 22 heavy (non-hydrogen) atoms. The van der Waals surface area contributed by atoms with Crippen LogP contribution in [0.25, 0.3) is 16.8 Å². The summed E-state index contributed by atoms with van der Waals surface area (Å²) in [6.07, 6.45) is -0.641. The van der Waals surface area contributed by atoms with Crippen LogP contribution in [-0.2, 0) is 6.18 Å². The van der Waals surface area contributed by atoms with Gasteiger partial charge in [-0.1, -0.05) is 30.3 Å². The maximum absolute atomic E-state index is 12.8. The zero-order valence-corrected chi connectivity index (χ0v) is 11.6. The molecule has 0 saturated heterocycles. The monoisotopic (exact) mass is 300 g/mol. The molecule has 110 valence electrons. The first-order valence-corrected chi connectivity index (χ1v) is 6.78. The van der Waals surface area contributed by atoms with Crippen LogP contribution in [0.5, 0.6) is 0 Å². The molecular formula is C18H13F3N+. The lowest BCUT2D eigenvalue weighted by Crippen LogP contribution is -2.29. The Morgan fingerprint density at radius 1 is 0.727 bits per heavy atom. The second-order valence-corrected chi connectivity index (χ2v) is 4.91. The molecule has 0 spiro atoms. The number of hydrogen-bond acceptors (Lipinski definition) is 0. The number of benzene rings is 2. The van der Waals surface area contributed by atoms with E-state index >= 15 is 0 Å². The molecule has 3 aromatic rings. The Hall–Kier alpha value is -2.62. The lowest BCUT2D eigenvalue weighted by Gasteiger charge is -2.08. The molecule has 3 rings (SSSR count). The molecule has 1 nitrogen and oxygen atoms in total. The molecule has 0 atom stereocenters. The third kappa shape index (κ3) is 3.01. The van der Waals surface area contributed by atoms with Gasteiger partial charge in [0.2, 0.25) is 5.69 Å². The van der Waals surface area contributed by atoms with Gasteiger partial charge in [-0.3, -0.25) is 0 Å². The fraction of sp³-hybridized carbons (Fsp3) is 0.0556. The number of halogens is 3. The van der Waals surface area contributed by atoms with Gasteiger partial charge < -0.3 is 0 Å². The summed E-state index contributed by atoms with van der Waals surface area (Å²) in [5, 5.41) is 0. The zero-order valence-electron chi connectivity index (χ0n) is 11.6. The van der Waals surface area contributed by atoms with Crippen LogP contribution in [-0.4, -0.2) is 0 Å². The quantitative estimate of drug-likeness (QED) is 0.607. The maximum Gasteiger partial charge on any atom is 0.416 e. The molecule has 0 aliphatic carbocycles. The van der Waals surface area contributed by atoms with Crippen LogP contribution in [0.2, 0.25) is 0 Å². The third-order valence-corrected chi connectivity index (χ3v) is 3.38. The largest absolute Gasteiger partial charge is 0.416 e. The van der Waals surface area contributed by atoms with E-state index < -0.39 is 11.7 Å². The lowest BCUT2D eigenvalue weighted by atomic mass is 10.0. The van der Waals surface area contributed by atoms with E-state index in [4.69, 9.17) is 0 Å². The van der Waals surface area contributed by atoms with E-state index in [1.165, 1.54) is 12.1 Å². The van der Waals surface area contributed by atoms with E-state index in [9.17, 15) is 13.2 Å². The number of alkyl halides is 3. The van der Waals surface area contributed by atoms with E-state index in [0.29, 0.717) is 5.56 Å². The highest BCUT2D eigenvalue weighted by Gasteiger charge is 2.30. The van der Waals surface area contributed by atoms with Gasteiger partial charge in [-0.15, -0.1) is 0 Å². The number of rotatable bonds is 2. The second-order valence-electron chi connectivity index (χ2n) is 4.91. The molecule has 2 aromatic carbocycles. The van der Waals surface area contributed by atoms with Gasteiger partial charge in [0.1, 0.15) is 0 Å². The van der Waals surface area contributed by atoms with Crippen LogP contribution in [0.3, 0.4) is 0 Å². The summed E-state index contributed by atoms with van der Waals surface area (Å²) in [5.41, 5.74) is 1.59. The molecule has 0 N–H and O–H groups in total. The minimum atomic E-state index is -4.33. The van der Waals surface area contributed by atoms with Gasteiger partial charge in [0.05, 0.1) is 5.56 Å². The van der Waals surface area contributed by atoms with Crippen LogP contribution in [0.1, 0.15) is 5.56 Å². The third-order valence-electron chi connectivity index (χ3n) is 3.38. The first-order chi connectivity index (χ1) is 10.5. The predicted octanol–water partition coefficient (Wildman–Crippen LogP) is 4.65. The Bertz CT molecular complexity index is 780. The maximum atomic E-state index is 12.8. The van der Waals surface area contributed by atoms with E-state index in [1.807, 2.05) is 53.4 Å². The van der Waals surface area contributed by atoms with E-state index in [1.54, 1.807) is 12.1 Å². The number of pyridine rings is 1. The standard InChI is InChI=1S/C18H13F3N/c19-18(20,21)16-8-4-6-14(12-16)15-7-5-11-22(13-15)17-9-2-1-3-10-17/h1-13H/q+1. The predicted molar refractivity (Wildman–Crippen MR) is 78.4 cm³/mol. The average Bonchev–Trinajstić information content (AvgIpc) is 2.55. The van der Waals surface area contributed by atoms with Crippen LogP contribution in [0.4, 0.5) is 13.2 Å². The Labute approximate surface area is 126 Å². The molecule has 0 bridgehead atoms. The first-order valence-electron chi connectivity index (χ1n) is 6.78. The van der Waals surface area contributed by atoms with Crippen molar-refractivity contribution in [2.24, 2.45) is 0 Å².